The first kappa shape index (κ1) is 15.7. The standard InChI is InChI=1S/C15H21N3O2S/c1-10-3-6-15(7-4-10,14(16)21)17-13(20)11-5-8-18(2)12(19)9-11/h5,8-10H,3-4,6-7H2,1-2H3,(H2,16,21)(H,17,20). The van der Waals surface area contributed by atoms with Crippen LogP contribution in [-0.4, -0.2) is 21.0 Å². The SMILES string of the molecule is CC1CCC(NC(=O)c2ccn(C)c(=O)c2)(C(N)=S)CC1. The van der Waals surface area contributed by atoms with Gasteiger partial charge in [0.15, 0.2) is 0 Å². The maximum atomic E-state index is 12.4. The Morgan fingerprint density at radius 3 is 2.62 bits per heavy atom. The molecule has 21 heavy (non-hydrogen) atoms. The van der Waals surface area contributed by atoms with Gasteiger partial charge in [-0.3, -0.25) is 9.59 Å². The number of hydrogen-bond donors (Lipinski definition) is 2. The largest absolute Gasteiger partial charge is 0.391 e. The Kier molecular flexibility index (Phi) is 4.46. The van der Waals surface area contributed by atoms with Crippen LogP contribution >= 0.6 is 12.2 Å². The number of thiocarbonyl (C=S) groups is 1. The lowest BCUT2D eigenvalue weighted by atomic mass is 9.77. The average molecular weight is 307 g/mol. The van der Waals surface area contributed by atoms with Crippen LogP contribution in [0.25, 0.3) is 0 Å². The smallest absolute Gasteiger partial charge is 0.252 e. The number of aromatic nitrogens is 1. The fourth-order valence-corrected chi connectivity index (χ4v) is 2.92. The number of carbonyl (C=O) groups is 1. The van der Waals surface area contributed by atoms with Crippen LogP contribution in [0.1, 0.15) is 43.0 Å². The van der Waals surface area contributed by atoms with E-state index in [1.807, 2.05) is 0 Å². The summed E-state index contributed by atoms with van der Waals surface area (Å²) in [6.45, 7) is 2.19. The minimum atomic E-state index is -0.625. The van der Waals surface area contributed by atoms with Gasteiger partial charge in [0.25, 0.3) is 11.5 Å². The second-order valence-corrected chi connectivity index (χ2v) is 6.39. The van der Waals surface area contributed by atoms with E-state index in [0.29, 0.717) is 16.5 Å². The molecule has 0 spiro atoms. The lowest BCUT2D eigenvalue weighted by Crippen LogP contribution is -2.58. The predicted octanol–water partition coefficient (Wildman–Crippen LogP) is 1.35. The lowest BCUT2D eigenvalue weighted by molar-refractivity contribution is 0.0900. The Morgan fingerprint density at radius 1 is 1.48 bits per heavy atom. The molecule has 1 saturated carbocycles. The van der Waals surface area contributed by atoms with Gasteiger partial charge in [-0.25, -0.2) is 0 Å². The number of carbonyl (C=O) groups excluding carboxylic acids is 1. The molecule has 0 atom stereocenters. The fourth-order valence-electron chi connectivity index (χ4n) is 2.67. The van der Waals surface area contributed by atoms with Crippen LogP contribution in [0.3, 0.4) is 0 Å². The second-order valence-electron chi connectivity index (χ2n) is 5.95. The second kappa shape index (κ2) is 5.97. The molecule has 0 unspecified atom stereocenters. The Bertz CT molecular complexity index is 616. The van der Waals surface area contributed by atoms with E-state index in [4.69, 9.17) is 18.0 Å². The van der Waals surface area contributed by atoms with Crippen LogP contribution in [0, 0.1) is 5.92 Å². The van der Waals surface area contributed by atoms with Gasteiger partial charge < -0.3 is 15.6 Å². The molecule has 0 aromatic carbocycles. The zero-order valence-electron chi connectivity index (χ0n) is 12.4. The van der Waals surface area contributed by atoms with Gasteiger partial charge in [-0.2, -0.15) is 0 Å². The highest BCUT2D eigenvalue weighted by Gasteiger charge is 2.38. The van der Waals surface area contributed by atoms with Crippen molar-refractivity contribution in [3.05, 3.63) is 34.2 Å². The normalized spacial score (nSPS) is 25.3. The molecular weight excluding hydrogens is 286 g/mol. The van der Waals surface area contributed by atoms with Crippen LogP contribution in [0.4, 0.5) is 0 Å². The third-order valence-corrected chi connectivity index (χ3v) is 4.71. The van der Waals surface area contributed by atoms with Crippen molar-refractivity contribution < 1.29 is 4.79 Å². The molecule has 0 aliphatic heterocycles. The molecular formula is C15H21N3O2S. The number of pyridine rings is 1. The number of nitrogens with zero attached hydrogens (tertiary/aromatic N) is 1. The average Bonchev–Trinajstić information content (AvgIpc) is 2.44. The van der Waals surface area contributed by atoms with Crippen LogP contribution in [-0.2, 0) is 7.05 Å². The van der Waals surface area contributed by atoms with Crippen LogP contribution in [0.5, 0.6) is 0 Å². The van der Waals surface area contributed by atoms with Crippen LogP contribution in [0.15, 0.2) is 23.1 Å². The molecule has 1 aromatic heterocycles. The highest BCUT2D eigenvalue weighted by Crippen LogP contribution is 2.32. The zero-order chi connectivity index (χ0) is 15.6. The van der Waals surface area contributed by atoms with E-state index < -0.39 is 5.54 Å². The summed E-state index contributed by atoms with van der Waals surface area (Å²) in [5.41, 5.74) is 5.38. The molecule has 1 fully saturated rings. The van der Waals surface area contributed by atoms with E-state index in [1.54, 1.807) is 19.3 Å². The Morgan fingerprint density at radius 2 is 2.10 bits per heavy atom. The molecule has 3 N–H and O–H groups in total. The molecule has 6 heteroatoms. The minimum absolute atomic E-state index is 0.218. The van der Waals surface area contributed by atoms with Crippen molar-refractivity contribution in [3.8, 4) is 0 Å². The van der Waals surface area contributed by atoms with E-state index in [1.165, 1.54) is 10.6 Å². The van der Waals surface area contributed by atoms with Crippen molar-refractivity contribution in [2.45, 2.75) is 38.1 Å². The number of aryl methyl sites for hydroxylation is 1. The molecule has 1 heterocycles. The monoisotopic (exact) mass is 307 g/mol. The summed E-state index contributed by atoms with van der Waals surface area (Å²) in [6, 6.07) is 2.95. The Labute approximate surface area is 129 Å². The third-order valence-electron chi connectivity index (χ3n) is 4.32. The molecule has 2 rings (SSSR count). The van der Waals surface area contributed by atoms with Crippen LogP contribution in [0.2, 0.25) is 0 Å². The maximum absolute atomic E-state index is 12.4. The van der Waals surface area contributed by atoms with Crippen LogP contribution < -0.4 is 16.6 Å². The number of nitrogens with two attached hydrogens (primary N) is 1. The first-order valence-electron chi connectivity index (χ1n) is 7.13. The van der Waals surface area contributed by atoms with Gasteiger partial charge in [-0.1, -0.05) is 19.1 Å². The van der Waals surface area contributed by atoms with Gasteiger partial charge in [-0.05, 0) is 37.7 Å². The van der Waals surface area contributed by atoms with Gasteiger partial charge >= 0.3 is 0 Å². The van der Waals surface area contributed by atoms with Gasteiger partial charge in [-0.15, -0.1) is 0 Å². The number of nitrogens with one attached hydrogen (secondary N) is 1. The topological polar surface area (TPSA) is 77.1 Å². The summed E-state index contributed by atoms with van der Waals surface area (Å²) in [5.74, 6) is 0.323. The molecule has 0 saturated heterocycles. The highest BCUT2D eigenvalue weighted by molar-refractivity contribution is 7.80. The van der Waals surface area contributed by atoms with Gasteiger partial charge in [0.05, 0.1) is 10.5 Å². The molecule has 0 radical (unpaired) electrons. The summed E-state index contributed by atoms with van der Waals surface area (Å²) in [7, 11) is 1.64. The summed E-state index contributed by atoms with van der Waals surface area (Å²) < 4.78 is 1.42. The van der Waals surface area contributed by atoms with Crippen molar-refractivity contribution >= 4 is 23.1 Å². The maximum Gasteiger partial charge on any atom is 0.252 e. The molecule has 0 bridgehead atoms. The molecule has 5 nitrogen and oxygen atoms in total. The third kappa shape index (κ3) is 3.32. The first-order valence-corrected chi connectivity index (χ1v) is 7.54. The quantitative estimate of drug-likeness (QED) is 0.826. The summed E-state index contributed by atoms with van der Waals surface area (Å²) in [6.07, 6.45) is 5.04. The fraction of sp³-hybridized carbons (Fsp3) is 0.533. The molecule has 1 aromatic rings. The predicted molar refractivity (Wildman–Crippen MR) is 86.3 cm³/mol. The van der Waals surface area contributed by atoms with E-state index in [2.05, 4.69) is 12.2 Å². The molecule has 1 aliphatic carbocycles. The van der Waals surface area contributed by atoms with Crippen molar-refractivity contribution in [2.24, 2.45) is 18.7 Å². The summed E-state index contributed by atoms with van der Waals surface area (Å²) >= 11 is 5.18. The first-order chi connectivity index (χ1) is 9.84. The number of rotatable bonds is 3. The van der Waals surface area contributed by atoms with Gasteiger partial charge in [0.1, 0.15) is 0 Å². The molecule has 114 valence electrons. The van der Waals surface area contributed by atoms with Crippen molar-refractivity contribution in [1.29, 1.82) is 0 Å². The van der Waals surface area contributed by atoms with Gasteiger partial charge in [0, 0.05) is 24.9 Å². The van der Waals surface area contributed by atoms with E-state index >= 15 is 0 Å². The minimum Gasteiger partial charge on any atom is -0.391 e. The molecule has 1 aliphatic rings. The van der Waals surface area contributed by atoms with Crippen molar-refractivity contribution in [3.63, 3.8) is 0 Å². The lowest BCUT2D eigenvalue weighted by Gasteiger charge is -2.39. The highest BCUT2D eigenvalue weighted by atomic mass is 32.1. The number of amides is 1. The Balaban J connectivity index is 2.21. The summed E-state index contributed by atoms with van der Waals surface area (Å²) in [4.78, 5) is 24.3. The van der Waals surface area contributed by atoms with Crippen molar-refractivity contribution in [2.75, 3.05) is 0 Å². The van der Waals surface area contributed by atoms with E-state index in [0.717, 1.165) is 25.7 Å². The van der Waals surface area contributed by atoms with E-state index in [-0.39, 0.29) is 11.5 Å². The van der Waals surface area contributed by atoms with E-state index in [9.17, 15) is 9.59 Å². The van der Waals surface area contributed by atoms with Crippen molar-refractivity contribution in [1.82, 2.24) is 9.88 Å². The summed E-state index contributed by atoms with van der Waals surface area (Å²) in [5, 5.41) is 2.96. The number of hydrogen-bond acceptors (Lipinski definition) is 3. The Hall–Kier alpha value is -1.69. The zero-order valence-corrected chi connectivity index (χ0v) is 13.2. The molecule has 1 amide bonds. The van der Waals surface area contributed by atoms with Gasteiger partial charge in [0.2, 0.25) is 0 Å².